The van der Waals surface area contributed by atoms with Crippen LogP contribution in [0.5, 0.6) is 0 Å². The van der Waals surface area contributed by atoms with Crippen molar-refractivity contribution >= 4 is 38.7 Å². The predicted octanol–water partition coefficient (Wildman–Crippen LogP) is -5.31. The van der Waals surface area contributed by atoms with Crippen molar-refractivity contribution < 1.29 is 55.1 Å². The van der Waals surface area contributed by atoms with Crippen molar-refractivity contribution in [3.63, 3.8) is 0 Å². The Hall–Kier alpha value is -2.53. The number of carbonyl (C=O) groups is 1. The molecule has 4 atom stereocenters. The summed E-state index contributed by atoms with van der Waals surface area (Å²) in [7, 11) is -10.2. The lowest BCUT2D eigenvalue weighted by Gasteiger charge is -2.52. The molecule has 0 aliphatic carbocycles. The average Bonchev–Trinajstić information content (AvgIpc) is 3.02. The first-order chi connectivity index (χ1) is 14.0. The lowest BCUT2D eigenvalue weighted by Crippen LogP contribution is -2.80. The number of carbonyl (C=O) groups excluding carboxylic acids is 1. The van der Waals surface area contributed by atoms with E-state index in [1.54, 1.807) is 0 Å². The van der Waals surface area contributed by atoms with E-state index in [1.165, 1.54) is 0 Å². The van der Waals surface area contributed by atoms with Crippen LogP contribution in [0.15, 0.2) is 4.99 Å². The van der Waals surface area contributed by atoms with E-state index < -0.39 is 81.5 Å². The van der Waals surface area contributed by atoms with Gasteiger partial charge in [-0.15, -0.1) is 0 Å². The normalized spacial score (nSPS) is 32.1. The van der Waals surface area contributed by atoms with E-state index in [4.69, 9.17) is 20.2 Å². The van der Waals surface area contributed by atoms with Gasteiger partial charge in [0, 0.05) is 0 Å². The maximum atomic E-state index is 11.5. The molecular weight excluding hydrogens is 474 g/mol. The first-order valence-electron chi connectivity index (χ1n) is 7.98. The Labute approximate surface area is 173 Å². The standard InChI is InChI=1S/C10H17N7O12S2/c11-6-13-5-3(2-28-8(18)15-30(22,23)24)17(21)7(12)16-1-4(29-31(25,26)27)10(19,20)9(5,16)14-6/h3-5,12,19-21H,1-2H2,(H,15,18)(H3,11,13,14)(H,22,23,24)(H,25,26,27)/t3-,4+,5+,9-/m0/s1. The van der Waals surface area contributed by atoms with Crippen LogP contribution in [-0.2, 0) is 29.6 Å². The molecule has 0 aromatic carbocycles. The minimum atomic E-state index is -5.20. The molecule has 1 spiro atoms. The molecular formula is C10H17N7O12S2. The number of amides is 1. The number of hydroxylamine groups is 2. The van der Waals surface area contributed by atoms with Crippen LogP contribution in [0.1, 0.15) is 0 Å². The Morgan fingerprint density at radius 3 is 2.52 bits per heavy atom. The monoisotopic (exact) mass is 491 g/mol. The molecule has 2 saturated heterocycles. The number of rotatable bonds is 5. The summed E-state index contributed by atoms with van der Waals surface area (Å²) < 4.78 is 71.0. The summed E-state index contributed by atoms with van der Waals surface area (Å²) >= 11 is 0. The molecule has 19 nitrogen and oxygen atoms in total. The van der Waals surface area contributed by atoms with E-state index in [0.29, 0.717) is 0 Å². The Morgan fingerprint density at radius 2 is 1.97 bits per heavy atom. The summed E-state index contributed by atoms with van der Waals surface area (Å²) in [5.41, 5.74) is 3.27. The zero-order valence-electron chi connectivity index (χ0n) is 15.0. The molecule has 0 aromatic rings. The fraction of sp³-hybridized carbons (Fsp3) is 0.700. The summed E-state index contributed by atoms with van der Waals surface area (Å²) in [4.78, 5) is 16.1. The van der Waals surface area contributed by atoms with Crippen molar-refractivity contribution in [1.82, 2.24) is 20.0 Å². The summed E-state index contributed by atoms with van der Waals surface area (Å²) in [5.74, 6) is -4.56. The minimum Gasteiger partial charge on any atom is -0.446 e. The third-order valence-corrected chi connectivity index (χ3v) is 5.70. The van der Waals surface area contributed by atoms with Gasteiger partial charge in [0.25, 0.3) is 0 Å². The van der Waals surface area contributed by atoms with Gasteiger partial charge in [0.15, 0.2) is 17.7 Å². The highest BCUT2D eigenvalue weighted by Gasteiger charge is 2.76. The maximum absolute atomic E-state index is 11.5. The summed E-state index contributed by atoms with van der Waals surface area (Å²) in [6.07, 6.45) is -3.78. The second-order valence-electron chi connectivity index (χ2n) is 6.61. The maximum Gasteiger partial charge on any atom is 0.422 e. The van der Waals surface area contributed by atoms with Crippen LogP contribution in [0.2, 0.25) is 0 Å². The molecule has 3 rings (SSSR count). The summed E-state index contributed by atoms with van der Waals surface area (Å²) in [6.45, 7) is -1.70. The van der Waals surface area contributed by atoms with Gasteiger partial charge in [-0.05, 0) is 0 Å². The predicted molar refractivity (Wildman–Crippen MR) is 92.7 cm³/mol. The average molecular weight is 491 g/mol. The van der Waals surface area contributed by atoms with Crippen LogP contribution < -0.4 is 15.8 Å². The Morgan fingerprint density at radius 1 is 1.35 bits per heavy atom. The van der Waals surface area contributed by atoms with Crippen molar-refractivity contribution in [3.05, 3.63) is 0 Å². The molecule has 10 N–H and O–H groups in total. The second kappa shape index (κ2) is 6.99. The van der Waals surface area contributed by atoms with E-state index in [-0.39, 0.29) is 5.06 Å². The molecule has 176 valence electrons. The highest BCUT2D eigenvalue weighted by molar-refractivity contribution is 7.84. The van der Waals surface area contributed by atoms with E-state index in [0.717, 1.165) is 9.62 Å². The van der Waals surface area contributed by atoms with E-state index in [9.17, 15) is 37.1 Å². The number of hydrogen-bond acceptors (Lipinski definition) is 14. The van der Waals surface area contributed by atoms with Crippen molar-refractivity contribution in [1.29, 1.82) is 5.41 Å². The number of nitrogens with zero attached hydrogens (tertiary/aromatic N) is 3. The minimum absolute atomic E-state index is 0.166. The summed E-state index contributed by atoms with van der Waals surface area (Å²) in [6, 6.07) is -3.19. The van der Waals surface area contributed by atoms with Gasteiger partial charge in [-0.2, -0.15) is 21.6 Å². The second-order valence-corrected chi connectivity index (χ2v) is 8.81. The Balaban J connectivity index is 1.96. The smallest absolute Gasteiger partial charge is 0.422 e. The third kappa shape index (κ3) is 3.80. The molecule has 2 fully saturated rings. The fourth-order valence-electron chi connectivity index (χ4n) is 3.70. The Kier molecular flexibility index (Phi) is 5.22. The van der Waals surface area contributed by atoms with Crippen LogP contribution >= 0.6 is 0 Å². The van der Waals surface area contributed by atoms with Crippen LogP contribution in [-0.4, -0.2) is 112 Å². The first-order valence-corrected chi connectivity index (χ1v) is 10.8. The number of guanidine groups is 2. The topological polar surface area (TPSA) is 298 Å². The van der Waals surface area contributed by atoms with E-state index in [1.807, 2.05) is 0 Å². The summed E-state index contributed by atoms with van der Waals surface area (Å²) in [5, 5.41) is 42.4. The Bertz CT molecular complexity index is 1040. The van der Waals surface area contributed by atoms with Crippen LogP contribution in [0, 0.1) is 5.41 Å². The number of nitrogens with two attached hydrogens (primary N) is 1. The number of hydrogen-bond donors (Lipinski definition) is 9. The lowest BCUT2D eigenvalue weighted by atomic mass is 9.85. The molecule has 1 amide bonds. The van der Waals surface area contributed by atoms with Crippen LogP contribution in [0.3, 0.4) is 0 Å². The van der Waals surface area contributed by atoms with Crippen molar-refractivity contribution in [2.45, 2.75) is 29.6 Å². The van der Waals surface area contributed by atoms with Crippen molar-refractivity contribution in [3.8, 4) is 0 Å². The third-order valence-electron chi connectivity index (χ3n) is 4.80. The van der Waals surface area contributed by atoms with Gasteiger partial charge in [-0.1, -0.05) is 0 Å². The SMILES string of the molecule is N=C1N(O)[C@@H](COC(=O)NS(=O)(=O)O)[C@H]2N=C(N)N[C@]23N1C[C@@H](OS(=O)(=O)O)C3(O)O. The molecule has 3 aliphatic heterocycles. The molecule has 0 unspecified atom stereocenters. The quantitative estimate of drug-likeness (QED) is 0.128. The molecule has 31 heavy (non-hydrogen) atoms. The number of aliphatic hydroxyl groups is 2. The van der Waals surface area contributed by atoms with Gasteiger partial charge < -0.3 is 30.9 Å². The largest absolute Gasteiger partial charge is 0.446 e. The number of ether oxygens (including phenoxy) is 1. The molecule has 0 bridgehead atoms. The molecule has 0 radical (unpaired) electrons. The van der Waals surface area contributed by atoms with Gasteiger partial charge in [-0.3, -0.25) is 19.7 Å². The molecule has 21 heteroatoms. The van der Waals surface area contributed by atoms with Crippen LogP contribution in [0.4, 0.5) is 4.79 Å². The van der Waals surface area contributed by atoms with Crippen molar-refractivity contribution in [2.24, 2.45) is 10.7 Å². The highest BCUT2D eigenvalue weighted by Crippen LogP contribution is 2.47. The molecule has 3 aliphatic rings. The zero-order valence-corrected chi connectivity index (χ0v) is 16.6. The van der Waals surface area contributed by atoms with Gasteiger partial charge in [0.05, 0.1) is 6.54 Å². The van der Waals surface area contributed by atoms with Gasteiger partial charge in [0.2, 0.25) is 11.7 Å². The fourth-order valence-corrected chi connectivity index (χ4v) is 4.46. The van der Waals surface area contributed by atoms with E-state index in [2.05, 4.69) is 19.2 Å². The highest BCUT2D eigenvalue weighted by atomic mass is 32.3. The van der Waals surface area contributed by atoms with Crippen molar-refractivity contribution in [2.75, 3.05) is 13.2 Å². The zero-order chi connectivity index (χ0) is 23.6. The number of aliphatic imine (C=N–C) groups is 1. The molecule has 0 saturated carbocycles. The molecule has 0 aromatic heterocycles. The first kappa shape index (κ1) is 23.1. The van der Waals surface area contributed by atoms with Gasteiger partial charge >= 0.3 is 26.8 Å². The van der Waals surface area contributed by atoms with Crippen LogP contribution in [0.25, 0.3) is 0 Å². The van der Waals surface area contributed by atoms with E-state index >= 15 is 0 Å². The number of nitrogens with one attached hydrogen (secondary N) is 3. The molecule has 3 heterocycles. The van der Waals surface area contributed by atoms with Gasteiger partial charge in [-0.25, -0.2) is 19.0 Å². The lowest BCUT2D eigenvalue weighted by molar-refractivity contribution is -0.265. The van der Waals surface area contributed by atoms with Gasteiger partial charge in [0.1, 0.15) is 18.7 Å².